The van der Waals surface area contributed by atoms with E-state index < -0.39 is 5.97 Å². The van der Waals surface area contributed by atoms with Gasteiger partial charge in [-0.2, -0.15) is 0 Å². The lowest BCUT2D eigenvalue weighted by molar-refractivity contribution is -0.132. The van der Waals surface area contributed by atoms with E-state index in [-0.39, 0.29) is 5.75 Å². The lowest BCUT2D eigenvalue weighted by Crippen LogP contribution is -2.03. The second-order valence-corrected chi connectivity index (χ2v) is 5.50. The molecule has 0 aliphatic rings. The molecule has 2 N–H and O–H groups in total. The van der Waals surface area contributed by atoms with Gasteiger partial charge in [0.2, 0.25) is 0 Å². The Hall–Kier alpha value is -2.95. The number of benzene rings is 2. The van der Waals surface area contributed by atoms with E-state index in [9.17, 15) is 9.90 Å². The van der Waals surface area contributed by atoms with Gasteiger partial charge in [0, 0.05) is 12.0 Å². The molecule has 0 saturated carbocycles. The second kappa shape index (κ2) is 8.78. The predicted octanol–water partition coefficient (Wildman–Crippen LogP) is 3.90. The Morgan fingerprint density at radius 3 is 2.44 bits per heavy atom. The van der Waals surface area contributed by atoms with Crippen LogP contribution < -0.4 is 9.47 Å². The Morgan fingerprint density at radius 1 is 1.12 bits per heavy atom. The van der Waals surface area contributed by atoms with E-state index in [0.717, 1.165) is 11.1 Å². The van der Waals surface area contributed by atoms with Crippen molar-refractivity contribution in [2.75, 3.05) is 13.7 Å². The Kier molecular flexibility index (Phi) is 6.46. The first-order valence-electron chi connectivity index (χ1n) is 8.06. The van der Waals surface area contributed by atoms with Crippen molar-refractivity contribution in [1.29, 1.82) is 0 Å². The molecule has 2 aromatic carbocycles. The molecule has 25 heavy (non-hydrogen) atoms. The van der Waals surface area contributed by atoms with Crippen LogP contribution in [0.3, 0.4) is 0 Å². The van der Waals surface area contributed by atoms with Crippen molar-refractivity contribution >= 4 is 12.0 Å². The molecule has 132 valence electrons. The van der Waals surface area contributed by atoms with E-state index in [1.165, 1.54) is 0 Å². The van der Waals surface area contributed by atoms with Gasteiger partial charge in [0.1, 0.15) is 5.75 Å². The van der Waals surface area contributed by atoms with Crippen LogP contribution in [0.5, 0.6) is 17.2 Å². The molecule has 0 fully saturated rings. The molecule has 0 aliphatic heterocycles. The lowest BCUT2D eigenvalue weighted by Gasteiger charge is -2.12. The van der Waals surface area contributed by atoms with Crippen LogP contribution in [-0.2, 0) is 11.2 Å². The maximum absolute atomic E-state index is 11.1. The SMILES string of the molecule is CC/C(=C/c1ccc(OCCc2ccc(O)cc2)c(OC)c1)C(=O)O. The Balaban J connectivity index is 2.06. The van der Waals surface area contributed by atoms with Crippen LogP contribution >= 0.6 is 0 Å². The van der Waals surface area contributed by atoms with Crippen LogP contribution in [0.15, 0.2) is 48.0 Å². The number of aromatic hydroxyl groups is 1. The van der Waals surface area contributed by atoms with Crippen LogP contribution in [-0.4, -0.2) is 29.9 Å². The third-order valence-corrected chi connectivity index (χ3v) is 3.77. The minimum absolute atomic E-state index is 0.239. The fourth-order valence-corrected chi connectivity index (χ4v) is 2.35. The van der Waals surface area contributed by atoms with E-state index >= 15 is 0 Å². The Morgan fingerprint density at radius 2 is 1.84 bits per heavy atom. The second-order valence-electron chi connectivity index (χ2n) is 5.50. The van der Waals surface area contributed by atoms with Crippen molar-refractivity contribution in [3.05, 3.63) is 59.2 Å². The van der Waals surface area contributed by atoms with Crippen LogP contribution in [0.4, 0.5) is 0 Å². The number of carboxylic acids is 1. The predicted molar refractivity (Wildman–Crippen MR) is 96.2 cm³/mol. The van der Waals surface area contributed by atoms with Crippen molar-refractivity contribution in [1.82, 2.24) is 0 Å². The van der Waals surface area contributed by atoms with Crippen LogP contribution in [0, 0.1) is 0 Å². The number of hydrogen-bond acceptors (Lipinski definition) is 4. The maximum Gasteiger partial charge on any atom is 0.331 e. The molecular formula is C20H22O5. The number of carboxylic acid groups (broad SMARTS) is 1. The molecule has 0 aliphatic carbocycles. The number of methoxy groups -OCH3 is 1. The van der Waals surface area contributed by atoms with E-state index in [2.05, 4.69) is 0 Å². The topological polar surface area (TPSA) is 76.0 Å². The average molecular weight is 342 g/mol. The number of aliphatic carboxylic acids is 1. The molecule has 0 spiro atoms. The van der Waals surface area contributed by atoms with Gasteiger partial charge >= 0.3 is 5.97 Å². The summed E-state index contributed by atoms with van der Waals surface area (Å²) in [6.45, 7) is 2.27. The zero-order valence-corrected chi connectivity index (χ0v) is 14.4. The van der Waals surface area contributed by atoms with E-state index in [1.807, 2.05) is 12.1 Å². The van der Waals surface area contributed by atoms with Crippen molar-refractivity contribution in [2.24, 2.45) is 0 Å². The summed E-state index contributed by atoms with van der Waals surface area (Å²) in [6, 6.07) is 12.3. The number of phenols is 1. The molecule has 0 unspecified atom stereocenters. The zero-order valence-electron chi connectivity index (χ0n) is 14.4. The van der Waals surface area contributed by atoms with Crippen LogP contribution in [0.25, 0.3) is 6.08 Å². The quantitative estimate of drug-likeness (QED) is 0.712. The monoisotopic (exact) mass is 342 g/mol. The molecular weight excluding hydrogens is 320 g/mol. The minimum Gasteiger partial charge on any atom is -0.508 e. The average Bonchev–Trinajstić information content (AvgIpc) is 2.61. The van der Waals surface area contributed by atoms with Gasteiger partial charge in [-0.25, -0.2) is 4.79 Å². The van der Waals surface area contributed by atoms with Crippen molar-refractivity contribution < 1.29 is 24.5 Å². The molecule has 0 saturated heterocycles. The third-order valence-electron chi connectivity index (χ3n) is 3.77. The highest BCUT2D eigenvalue weighted by Crippen LogP contribution is 2.29. The number of carbonyl (C=O) groups is 1. The maximum atomic E-state index is 11.1. The van der Waals surface area contributed by atoms with E-state index in [4.69, 9.17) is 14.6 Å². The minimum atomic E-state index is -0.921. The number of rotatable bonds is 8. The molecule has 0 amide bonds. The van der Waals surface area contributed by atoms with Gasteiger partial charge in [-0.1, -0.05) is 25.1 Å². The molecule has 0 aromatic heterocycles. The zero-order chi connectivity index (χ0) is 18.2. The highest BCUT2D eigenvalue weighted by atomic mass is 16.5. The normalized spacial score (nSPS) is 11.2. The number of phenolic OH excluding ortho intramolecular Hbond substituents is 1. The summed E-state index contributed by atoms with van der Waals surface area (Å²) >= 11 is 0. The summed E-state index contributed by atoms with van der Waals surface area (Å²) < 4.78 is 11.1. The van der Waals surface area contributed by atoms with Gasteiger partial charge in [0.15, 0.2) is 11.5 Å². The molecule has 0 bridgehead atoms. The Labute approximate surface area is 147 Å². The summed E-state index contributed by atoms with van der Waals surface area (Å²) in [6.07, 6.45) is 2.78. The summed E-state index contributed by atoms with van der Waals surface area (Å²) in [5.74, 6) is 0.477. The highest BCUT2D eigenvalue weighted by Gasteiger charge is 2.08. The van der Waals surface area contributed by atoms with Gasteiger partial charge in [0.25, 0.3) is 0 Å². The van der Waals surface area contributed by atoms with Gasteiger partial charge in [-0.15, -0.1) is 0 Å². The molecule has 5 heteroatoms. The van der Waals surface area contributed by atoms with Crippen LogP contribution in [0.1, 0.15) is 24.5 Å². The summed E-state index contributed by atoms with van der Waals surface area (Å²) in [4.78, 5) is 11.1. The third kappa shape index (κ3) is 5.28. The molecule has 0 heterocycles. The van der Waals surface area contributed by atoms with E-state index in [1.54, 1.807) is 50.4 Å². The summed E-state index contributed by atoms with van der Waals surface area (Å²) in [7, 11) is 1.55. The van der Waals surface area contributed by atoms with E-state index in [0.29, 0.717) is 36.5 Å². The van der Waals surface area contributed by atoms with Gasteiger partial charge in [-0.3, -0.25) is 0 Å². The van der Waals surface area contributed by atoms with Gasteiger partial charge < -0.3 is 19.7 Å². The first kappa shape index (κ1) is 18.4. The molecule has 5 nitrogen and oxygen atoms in total. The largest absolute Gasteiger partial charge is 0.508 e. The smallest absolute Gasteiger partial charge is 0.331 e. The number of ether oxygens (including phenoxy) is 2. The highest BCUT2D eigenvalue weighted by molar-refractivity contribution is 5.92. The Bertz CT molecular complexity index is 747. The lowest BCUT2D eigenvalue weighted by atomic mass is 10.1. The van der Waals surface area contributed by atoms with Gasteiger partial charge in [-0.05, 0) is 47.9 Å². The fraction of sp³-hybridized carbons (Fsp3) is 0.250. The number of hydrogen-bond donors (Lipinski definition) is 2. The van der Waals surface area contributed by atoms with Crippen LogP contribution in [0.2, 0.25) is 0 Å². The summed E-state index contributed by atoms with van der Waals surface area (Å²) in [5, 5.41) is 18.4. The molecule has 0 atom stereocenters. The van der Waals surface area contributed by atoms with Crippen molar-refractivity contribution in [2.45, 2.75) is 19.8 Å². The first-order valence-corrected chi connectivity index (χ1v) is 8.06. The molecule has 2 aromatic rings. The van der Waals surface area contributed by atoms with Gasteiger partial charge in [0.05, 0.1) is 13.7 Å². The first-order chi connectivity index (χ1) is 12.0. The van der Waals surface area contributed by atoms with Crippen molar-refractivity contribution in [3.63, 3.8) is 0 Å². The molecule has 2 rings (SSSR count). The molecule has 0 radical (unpaired) electrons. The summed E-state index contributed by atoms with van der Waals surface area (Å²) in [5.41, 5.74) is 2.15. The van der Waals surface area contributed by atoms with Crippen molar-refractivity contribution in [3.8, 4) is 17.2 Å². The standard InChI is InChI=1S/C20H22O5/c1-3-16(20(22)23)12-15-6-9-18(19(13-15)24-2)25-11-10-14-4-7-17(21)8-5-14/h4-9,12-13,21H,3,10-11H2,1-2H3,(H,22,23)/b16-12-. The fourth-order valence-electron chi connectivity index (χ4n) is 2.35.